The largest absolute Gasteiger partial charge is 0.491 e. The third kappa shape index (κ3) is 5.23. The van der Waals surface area contributed by atoms with Crippen LogP contribution in [0.5, 0.6) is 5.75 Å². The number of nitroso groups, excluding NO2 is 1. The van der Waals surface area contributed by atoms with Gasteiger partial charge in [0.2, 0.25) is 0 Å². The number of hydrogen-bond acceptors (Lipinski definition) is 5. The second kappa shape index (κ2) is 7.44. The third-order valence-electron chi connectivity index (χ3n) is 3.70. The Morgan fingerprint density at radius 2 is 1.91 bits per heavy atom. The van der Waals surface area contributed by atoms with Crippen molar-refractivity contribution >= 4 is 11.8 Å². The molecule has 23 heavy (non-hydrogen) atoms. The summed E-state index contributed by atoms with van der Waals surface area (Å²) in [7, 11) is 0. The van der Waals surface area contributed by atoms with Gasteiger partial charge in [-0.3, -0.25) is 0 Å². The van der Waals surface area contributed by atoms with Gasteiger partial charge in [0.05, 0.1) is 6.61 Å². The zero-order valence-corrected chi connectivity index (χ0v) is 13.9. The van der Waals surface area contributed by atoms with Gasteiger partial charge in [-0.25, -0.2) is 4.79 Å². The van der Waals surface area contributed by atoms with Crippen molar-refractivity contribution in [3.63, 3.8) is 0 Å². The molecule has 1 saturated heterocycles. The first-order chi connectivity index (χ1) is 10.9. The normalized spacial score (nSPS) is 16.0. The van der Waals surface area contributed by atoms with Crippen molar-refractivity contribution in [1.82, 2.24) is 4.90 Å². The molecule has 0 N–H and O–H groups in total. The van der Waals surface area contributed by atoms with Gasteiger partial charge in [-0.15, -0.1) is 4.91 Å². The molecule has 0 atom stereocenters. The average molecular weight is 320 g/mol. The first-order valence-electron chi connectivity index (χ1n) is 7.92. The number of carbonyl (C=O) groups is 1. The summed E-state index contributed by atoms with van der Waals surface area (Å²) >= 11 is 0. The molecule has 126 valence electrons. The maximum Gasteiger partial charge on any atom is 0.410 e. The van der Waals surface area contributed by atoms with Crippen LogP contribution in [0.2, 0.25) is 0 Å². The number of hydrogen-bond donors (Lipinski definition) is 0. The number of benzene rings is 1. The Labute approximate surface area is 136 Å². The summed E-state index contributed by atoms with van der Waals surface area (Å²) in [5.41, 5.74) is -0.151. The third-order valence-corrected chi connectivity index (χ3v) is 3.70. The molecule has 0 aliphatic carbocycles. The molecule has 0 radical (unpaired) electrons. The molecule has 1 aliphatic rings. The van der Waals surface area contributed by atoms with Crippen molar-refractivity contribution in [2.24, 2.45) is 11.1 Å². The van der Waals surface area contributed by atoms with E-state index in [1.165, 1.54) is 0 Å². The van der Waals surface area contributed by atoms with Crippen molar-refractivity contribution in [3.8, 4) is 5.75 Å². The quantitative estimate of drug-likeness (QED) is 0.783. The summed E-state index contributed by atoms with van der Waals surface area (Å²) in [6.45, 7) is 7.44. The van der Waals surface area contributed by atoms with Gasteiger partial charge in [-0.2, -0.15) is 0 Å². The zero-order chi connectivity index (χ0) is 16.9. The van der Waals surface area contributed by atoms with E-state index < -0.39 is 5.60 Å². The van der Waals surface area contributed by atoms with E-state index in [9.17, 15) is 9.70 Å². The van der Waals surface area contributed by atoms with Crippen LogP contribution in [-0.2, 0) is 4.74 Å². The van der Waals surface area contributed by atoms with E-state index in [2.05, 4.69) is 5.18 Å². The lowest BCUT2D eigenvalue weighted by Gasteiger charge is -2.33. The Morgan fingerprint density at radius 3 is 2.52 bits per heavy atom. The number of amides is 1. The van der Waals surface area contributed by atoms with Gasteiger partial charge in [0.15, 0.2) is 0 Å². The van der Waals surface area contributed by atoms with Crippen LogP contribution in [0.4, 0.5) is 10.5 Å². The Balaban J connectivity index is 1.79. The number of piperidine rings is 1. The van der Waals surface area contributed by atoms with Crippen molar-refractivity contribution in [1.29, 1.82) is 0 Å². The van der Waals surface area contributed by atoms with Crippen LogP contribution < -0.4 is 4.74 Å². The minimum absolute atomic E-state index is 0.257. The van der Waals surface area contributed by atoms with E-state index in [4.69, 9.17) is 9.47 Å². The molecule has 0 bridgehead atoms. The van der Waals surface area contributed by atoms with Crippen LogP contribution in [0.15, 0.2) is 29.4 Å². The fourth-order valence-corrected chi connectivity index (χ4v) is 2.47. The molecular weight excluding hydrogens is 296 g/mol. The summed E-state index contributed by atoms with van der Waals surface area (Å²) in [4.78, 5) is 24.5. The summed E-state index contributed by atoms with van der Waals surface area (Å²) in [5.74, 6) is 0.866. The van der Waals surface area contributed by atoms with Crippen molar-refractivity contribution in [2.75, 3.05) is 19.7 Å². The molecule has 1 aliphatic heterocycles. The van der Waals surface area contributed by atoms with E-state index in [1.807, 2.05) is 26.8 Å². The Kier molecular flexibility index (Phi) is 5.58. The first-order valence-corrected chi connectivity index (χ1v) is 7.92. The molecular formula is C17H24N2O4. The molecule has 6 heteroatoms. The minimum atomic E-state index is -0.470. The van der Waals surface area contributed by atoms with Crippen LogP contribution in [0, 0.1) is 10.8 Å². The molecule has 0 saturated carbocycles. The van der Waals surface area contributed by atoms with E-state index in [0.29, 0.717) is 37.1 Å². The highest BCUT2D eigenvalue weighted by molar-refractivity contribution is 5.68. The SMILES string of the molecule is CC(C)(C)OC(=O)N1CCC(COc2ccccc2N=O)CC1. The summed E-state index contributed by atoms with van der Waals surface area (Å²) < 4.78 is 11.1. The van der Waals surface area contributed by atoms with Crippen molar-refractivity contribution < 1.29 is 14.3 Å². The lowest BCUT2D eigenvalue weighted by molar-refractivity contribution is 0.0165. The predicted octanol–water partition coefficient (Wildman–Crippen LogP) is 4.11. The van der Waals surface area contributed by atoms with Gasteiger partial charge >= 0.3 is 6.09 Å². The zero-order valence-electron chi connectivity index (χ0n) is 13.9. The molecule has 1 aromatic rings. The van der Waals surface area contributed by atoms with E-state index >= 15 is 0 Å². The van der Waals surface area contributed by atoms with Gasteiger partial charge in [-0.05, 0) is 56.8 Å². The lowest BCUT2D eigenvalue weighted by Crippen LogP contribution is -2.42. The van der Waals surface area contributed by atoms with Crippen LogP contribution in [-0.4, -0.2) is 36.3 Å². The number of likely N-dealkylation sites (tertiary alicyclic amines) is 1. The summed E-state index contributed by atoms with van der Waals surface area (Å²) in [6.07, 6.45) is 1.46. The van der Waals surface area contributed by atoms with Gasteiger partial charge < -0.3 is 14.4 Å². The molecule has 0 aromatic heterocycles. The fourth-order valence-electron chi connectivity index (χ4n) is 2.47. The monoisotopic (exact) mass is 320 g/mol. The topological polar surface area (TPSA) is 68.2 Å². The molecule has 1 heterocycles. The van der Waals surface area contributed by atoms with Crippen LogP contribution in [0.25, 0.3) is 0 Å². The van der Waals surface area contributed by atoms with Crippen LogP contribution in [0.3, 0.4) is 0 Å². The highest BCUT2D eigenvalue weighted by Crippen LogP contribution is 2.28. The number of nitrogens with zero attached hydrogens (tertiary/aromatic N) is 2. The number of ether oxygens (including phenoxy) is 2. The number of carbonyl (C=O) groups excluding carboxylic acids is 1. The standard InChI is InChI=1S/C17H24N2O4/c1-17(2,3)23-16(20)19-10-8-13(9-11-19)12-22-15-7-5-4-6-14(15)18-21/h4-7,13H,8-12H2,1-3H3. The molecule has 0 spiro atoms. The maximum absolute atomic E-state index is 12.0. The fraction of sp³-hybridized carbons (Fsp3) is 0.588. The Morgan fingerprint density at radius 1 is 1.26 bits per heavy atom. The highest BCUT2D eigenvalue weighted by atomic mass is 16.6. The highest BCUT2D eigenvalue weighted by Gasteiger charge is 2.27. The number of rotatable bonds is 4. The van der Waals surface area contributed by atoms with Gasteiger partial charge in [-0.1, -0.05) is 12.1 Å². The van der Waals surface area contributed by atoms with Gasteiger partial charge in [0.25, 0.3) is 0 Å². The number of para-hydroxylation sites is 1. The summed E-state index contributed by atoms with van der Waals surface area (Å²) in [6, 6.07) is 6.94. The predicted molar refractivity (Wildman–Crippen MR) is 87.9 cm³/mol. The minimum Gasteiger partial charge on any atom is -0.491 e. The Hall–Kier alpha value is -2.11. The second-order valence-electron chi connectivity index (χ2n) is 6.78. The van der Waals surface area contributed by atoms with Gasteiger partial charge in [0, 0.05) is 13.1 Å². The van der Waals surface area contributed by atoms with Crippen LogP contribution in [0.1, 0.15) is 33.6 Å². The molecule has 6 nitrogen and oxygen atoms in total. The van der Waals surface area contributed by atoms with Gasteiger partial charge in [0.1, 0.15) is 17.0 Å². The molecule has 2 rings (SSSR count). The Bertz CT molecular complexity index is 546. The molecule has 1 aromatic carbocycles. The molecule has 0 unspecified atom stereocenters. The van der Waals surface area contributed by atoms with E-state index in [0.717, 1.165) is 12.8 Å². The van der Waals surface area contributed by atoms with Crippen LogP contribution >= 0.6 is 0 Å². The summed E-state index contributed by atoms with van der Waals surface area (Å²) in [5, 5.41) is 2.96. The van der Waals surface area contributed by atoms with Crippen molar-refractivity contribution in [2.45, 2.75) is 39.2 Å². The molecule has 1 amide bonds. The lowest BCUT2D eigenvalue weighted by atomic mass is 9.98. The van der Waals surface area contributed by atoms with Crippen molar-refractivity contribution in [3.05, 3.63) is 29.2 Å². The molecule has 1 fully saturated rings. The van der Waals surface area contributed by atoms with E-state index in [1.54, 1.807) is 23.1 Å². The first kappa shape index (κ1) is 17.2. The smallest absolute Gasteiger partial charge is 0.410 e. The maximum atomic E-state index is 12.0. The van der Waals surface area contributed by atoms with E-state index in [-0.39, 0.29) is 6.09 Å². The second-order valence-corrected chi connectivity index (χ2v) is 6.78. The average Bonchev–Trinajstić information content (AvgIpc) is 2.52.